The van der Waals surface area contributed by atoms with E-state index in [1.165, 1.54) is 4.57 Å². The highest BCUT2D eigenvalue weighted by Crippen LogP contribution is 2.25. The second kappa shape index (κ2) is 3.87. The Bertz CT molecular complexity index is 643. The number of hydrogen-bond acceptors (Lipinski definition) is 2. The number of carbonyl (C=O) groups is 1. The maximum absolute atomic E-state index is 11.9. The number of nitrogens with zero attached hydrogens (tertiary/aromatic N) is 1. The van der Waals surface area contributed by atoms with Gasteiger partial charge in [-0.25, -0.2) is 0 Å². The second-order valence-corrected chi connectivity index (χ2v) is 4.51. The molecule has 0 saturated carbocycles. The van der Waals surface area contributed by atoms with Crippen molar-refractivity contribution < 1.29 is 4.79 Å². The van der Waals surface area contributed by atoms with Crippen LogP contribution >= 0.6 is 15.9 Å². The highest BCUT2D eigenvalue weighted by molar-refractivity contribution is 9.10. The molecule has 0 saturated heterocycles. The largest absolute Gasteiger partial charge is 0.310 e. The Kier molecular flexibility index (Phi) is 2.68. The van der Waals surface area contributed by atoms with Gasteiger partial charge in [0.2, 0.25) is 0 Å². The van der Waals surface area contributed by atoms with Crippen LogP contribution < -0.4 is 5.56 Å². The quantitative estimate of drug-likeness (QED) is 0.752. The molecule has 16 heavy (non-hydrogen) atoms. The molecule has 0 N–H and O–H groups in total. The fourth-order valence-corrected chi connectivity index (χ4v) is 2.52. The lowest BCUT2D eigenvalue weighted by molar-refractivity contribution is 0.112. The number of fused-ring (bicyclic) bond motifs is 1. The molecular formula is C12H10BrNO2. The van der Waals surface area contributed by atoms with E-state index in [0.29, 0.717) is 6.29 Å². The van der Waals surface area contributed by atoms with Crippen molar-refractivity contribution in [3.8, 4) is 0 Å². The van der Waals surface area contributed by atoms with Crippen LogP contribution in [0.2, 0.25) is 0 Å². The Morgan fingerprint density at radius 2 is 2.06 bits per heavy atom. The van der Waals surface area contributed by atoms with Gasteiger partial charge in [-0.2, -0.15) is 0 Å². The number of benzene rings is 1. The Morgan fingerprint density at radius 1 is 1.38 bits per heavy atom. The molecule has 1 aromatic heterocycles. The van der Waals surface area contributed by atoms with E-state index < -0.39 is 0 Å². The van der Waals surface area contributed by atoms with Crippen molar-refractivity contribution >= 4 is 33.1 Å². The first-order chi connectivity index (χ1) is 7.57. The van der Waals surface area contributed by atoms with Crippen LogP contribution in [-0.2, 0) is 7.05 Å². The smallest absolute Gasteiger partial charge is 0.261 e. The number of aromatic nitrogens is 1. The highest BCUT2D eigenvalue weighted by Gasteiger charge is 2.12. The number of hydrogen-bond donors (Lipinski definition) is 0. The number of aldehydes is 1. The molecule has 3 nitrogen and oxygen atoms in total. The predicted molar refractivity (Wildman–Crippen MR) is 67.0 cm³/mol. The molecule has 0 amide bonds. The van der Waals surface area contributed by atoms with Gasteiger partial charge in [0, 0.05) is 16.9 Å². The second-order valence-electron chi connectivity index (χ2n) is 3.66. The maximum Gasteiger partial charge on any atom is 0.261 e. The molecule has 0 bridgehead atoms. The van der Waals surface area contributed by atoms with Crippen LogP contribution in [0, 0.1) is 6.92 Å². The third-order valence-corrected chi connectivity index (χ3v) is 3.42. The lowest BCUT2D eigenvalue weighted by Crippen LogP contribution is -2.22. The van der Waals surface area contributed by atoms with Gasteiger partial charge in [-0.3, -0.25) is 9.59 Å². The van der Waals surface area contributed by atoms with Gasteiger partial charge in [0.25, 0.3) is 5.56 Å². The van der Waals surface area contributed by atoms with Crippen LogP contribution in [0.4, 0.5) is 0 Å². The summed E-state index contributed by atoms with van der Waals surface area (Å²) in [5, 5.41) is 0.915. The van der Waals surface area contributed by atoms with Gasteiger partial charge in [0.15, 0.2) is 6.29 Å². The zero-order chi connectivity index (χ0) is 11.9. The topological polar surface area (TPSA) is 39.1 Å². The zero-order valence-corrected chi connectivity index (χ0v) is 10.5. The van der Waals surface area contributed by atoms with Gasteiger partial charge in [-0.1, -0.05) is 12.1 Å². The van der Waals surface area contributed by atoms with E-state index >= 15 is 0 Å². The maximum atomic E-state index is 11.9. The van der Waals surface area contributed by atoms with Crippen molar-refractivity contribution in [1.82, 2.24) is 4.57 Å². The molecular weight excluding hydrogens is 270 g/mol. The van der Waals surface area contributed by atoms with Crippen LogP contribution in [0.5, 0.6) is 0 Å². The summed E-state index contributed by atoms with van der Waals surface area (Å²) in [4.78, 5) is 22.8. The number of aryl methyl sites for hydroxylation is 2. The summed E-state index contributed by atoms with van der Waals surface area (Å²) in [5.74, 6) is 0. The molecule has 0 fully saturated rings. The number of rotatable bonds is 1. The van der Waals surface area contributed by atoms with Crippen LogP contribution in [0.15, 0.2) is 27.5 Å². The summed E-state index contributed by atoms with van der Waals surface area (Å²) < 4.78 is 2.35. The van der Waals surface area contributed by atoms with Crippen molar-refractivity contribution in [2.24, 2.45) is 7.05 Å². The average molecular weight is 280 g/mol. The Balaban J connectivity index is 3.14. The van der Waals surface area contributed by atoms with Gasteiger partial charge in [0.05, 0.1) is 11.1 Å². The number of pyridine rings is 1. The van der Waals surface area contributed by atoms with E-state index in [4.69, 9.17) is 0 Å². The first kappa shape index (κ1) is 11.1. The molecule has 1 heterocycles. The molecule has 0 aliphatic carbocycles. The molecule has 4 heteroatoms. The minimum Gasteiger partial charge on any atom is -0.310 e. The minimum absolute atomic E-state index is 0.230. The average Bonchev–Trinajstić information content (AvgIpc) is 2.27. The number of para-hydroxylation sites is 1. The minimum atomic E-state index is -0.257. The van der Waals surface area contributed by atoms with Crippen LogP contribution in [0.1, 0.15) is 15.9 Å². The fraction of sp³-hybridized carbons (Fsp3) is 0.167. The fourth-order valence-electron chi connectivity index (χ4n) is 1.89. The number of halogens is 1. The van der Waals surface area contributed by atoms with E-state index in [0.717, 1.165) is 20.9 Å². The molecule has 2 rings (SSSR count). The molecule has 0 aliphatic rings. The first-order valence-corrected chi connectivity index (χ1v) is 5.60. The third-order valence-electron chi connectivity index (χ3n) is 2.78. The van der Waals surface area contributed by atoms with Crippen molar-refractivity contribution in [3.63, 3.8) is 0 Å². The van der Waals surface area contributed by atoms with E-state index in [2.05, 4.69) is 15.9 Å². The van der Waals surface area contributed by atoms with Gasteiger partial charge < -0.3 is 4.57 Å². The van der Waals surface area contributed by atoms with Crippen molar-refractivity contribution in [3.05, 3.63) is 44.2 Å². The molecule has 82 valence electrons. The van der Waals surface area contributed by atoms with Crippen LogP contribution in [-0.4, -0.2) is 10.9 Å². The Labute approximate surface area is 101 Å². The lowest BCUT2D eigenvalue weighted by Gasteiger charge is -2.11. The SMILES string of the molecule is Cc1c(C=O)c(=O)n(C)c2c(Br)cccc12. The predicted octanol–water partition coefficient (Wildman–Crippen LogP) is 2.42. The normalized spacial score (nSPS) is 10.7. The monoisotopic (exact) mass is 279 g/mol. The molecule has 0 aliphatic heterocycles. The lowest BCUT2D eigenvalue weighted by atomic mass is 10.1. The Hall–Kier alpha value is -1.42. The summed E-state index contributed by atoms with van der Waals surface area (Å²) in [5.41, 5.74) is 1.52. The van der Waals surface area contributed by atoms with E-state index in [-0.39, 0.29) is 11.1 Å². The van der Waals surface area contributed by atoms with Crippen LogP contribution in [0.3, 0.4) is 0 Å². The van der Waals surface area contributed by atoms with Gasteiger partial charge in [0.1, 0.15) is 0 Å². The van der Waals surface area contributed by atoms with Crippen molar-refractivity contribution in [2.45, 2.75) is 6.92 Å². The van der Waals surface area contributed by atoms with E-state index in [9.17, 15) is 9.59 Å². The zero-order valence-electron chi connectivity index (χ0n) is 8.95. The van der Waals surface area contributed by atoms with E-state index in [1.54, 1.807) is 14.0 Å². The third kappa shape index (κ3) is 1.41. The standard InChI is InChI=1S/C12H10BrNO2/c1-7-8-4-3-5-10(13)11(8)14(2)12(16)9(7)6-15/h3-6H,1-2H3. The van der Waals surface area contributed by atoms with E-state index in [1.807, 2.05) is 18.2 Å². The summed E-state index contributed by atoms with van der Waals surface area (Å²) in [6.07, 6.45) is 0.623. The van der Waals surface area contributed by atoms with Gasteiger partial charge in [-0.15, -0.1) is 0 Å². The van der Waals surface area contributed by atoms with Gasteiger partial charge in [-0.05, 0) is 34.5 Å². The van der Waals surface area contributed by atoms with Crippen molar-refractivity contribution in [1.29, 1.82) is 0 Å². The summed E-state index contributed by atoms with van der Waals surface area (Å²) in [6, 6.07) is 5.67. The molecule has 0 radical (unpaired) electrons. The molecule has 1 aromatic carbocycles. The summed E-state index contributed by atoms with van der Waals surface area (Å²) in [7, 11) is 1.67. The van der Waals surface area contributed by atoms with Crippen LogP contribution in [0.25, 0.3) is 10.9 Å². The molecule has 2 aromatic rings. The summed E-state index contributed by atoms with van der Waals surface area (Å²) >= 11 is 3.41. The van der Waals surface area contributed by atoms with Crippen molar-refractivity contribution in [2.75, 3.05) is 0 Å². The van der Waals surface area contributed by atoms with Gasteiger partial charge >= 0.3 is 0 Å². The molecule has 0 unspecified atom stereocenters. The Morgan fingerprint density at radius 3 is 2.69 bits per heavy atom. The highest BCUT2D eigenvalue weighted by atomic mass is 79.9. The first-order valence-electron chi connectivity index (χ1n) is 4.81. The molecule has 0 atom stereocenters. The summed E-state index contributed by atoms with van der Waals surface area (Å²) in [6.45, 7) is 1.79. The molecule has 0 spiro atoms. The number of carbonyl (C=O) groups excluding carboxylic acids is 1.